The Balaban J connectivity index is 0. The largest absolute Gasteiger partial charge is 0.481 e. The first-order valence-corrected chi connectivity index (χ1v) is 10.7. The first-order chi connectivity index (χ1) is 11.5. The molecule has 24 heavy (non-hydrogen) atoms. The molecule has 0 aromatic rings. The van der Waals surface area contributed by atoms with Crippen molar-refractivity contribution in [3.05, 3.63) is 0 Å². The van der Waals surface area contributed by atoms with E-state index in [1.54, 1.807) is 0 Å². The molecule has 0 spiro atoms. The van der Waals surface area contributed by atoms with Gasteiger partial charge in [0.1, 0.15) is 0 Å². The molecule has 0 fully saturated rings. The van der Waals surface area contributed by atoms with Crippen LogP contribution in [0.4, 0.5) is 0 Å². The second-order valence-electron chi connectivity index (χ2n) is 7.21. The number of hydrogen-bond donors (Lipinski definition) is 1. The number of rotatable bonds is 14. The van der Waals surface area contributed by atoms with Gasteiger partial charge < -0.3 is 5.11 Å². The third kappa shape index (κ3) is 13.9. The SMILES string of the molecule is CCCCC(CC)C(=O)O.CCCCC(CC)C(CC)CCCC. The molecule has 1 N–H and O–H groups in total. The summed E-state index contributed by atoms with van der Waals surface area (Å²) in [4.78, 5) is 10.4. The zero-order valence-electron chi connectivity index (χ0n) is 17.6. The molecule has 0 bridgehead atoms. The van der Waals surface area contributed by atoms with Crippen LogP contribution in [0.3, 0.4) is 0 Å². The lowest BCUT2D eigenvalue weighted by Crippen LogP contribution is -2.13. The highest BCUT2D eigenvalue weighted by Crippen LogP contribution is 2.28. The van der Waals surface area contributed by atoms with Gasteiger partial charge in [0.15, 0.2) is 0 Å². The van der Waals surface area contributed by atoms with Crippen molar-refractivity contribution in [3.63, 3.8) is 0 Å². The van der Waals surface area contributed by atoms with Gasteiger partial charge in [0.05, 0.1) is 5.92 Å². The molecule has 0 saturated heterocycles. The van der Waals surface area contributed by atoms with Crippen LogP contribution in [0.2, 0.25) is 0 Å². The van der Waals surface area contributed by atoms with Crippen LogP contribution in [0.5, 0.6) is 0 Å². The predicted molar refractivity (Wildman–Crippen MR) is 108 cm³/mol. The van der Waals surface area contributed by atoms with Crippen molar-refractivity contribution in [2.24, 2.45) is 17.8 Å². The van der Waals surface area contributed by atoms with E-state index in [4.69, 9.17) is 5.11 Å². The van der Waals surface area contributed by atoms with Crippen LogP contribution in [0.25, 0.3) is 0 Å². The highest BCUT2D eigenvalue weighted by Gasteiger charge is 2.16. The number of carboxylic acids is 1. The summed E-state index contributed by atoms with van der Waals surface area (Å²) in [5.74, 6) is 1.26. The van der Waals surface area contributed by atoms with E-state index in [1.807, 2.05) is 6.92 Å². The van der Waals surface area contributed by atoms with Gasteiger partial charge in [-0.05, 0) is 24.7 Å². The maximum Gasteiger partial charge on any atom is 0.306 e. The van der Waals surface area contributed by atoms with E-state index in [-0.39, 0.29) is 5.92 Å². The molecular formula is C22H46O2. The van der Waals surface area contributed by atoms with Gasteiger partial charge in [-0.2, -0.15) is 0 Å². The Hall–Kier alpha value is -0.530. The molecule has 0 amide bonds. The summed E-state index contributed by atoms with van der Waals surface area (Å²) in [5.41, 5.74) is 0. The molecule has 146 valence electrons. The van der Waals surface area contributed by atoms with E-state index < -0.39 is 5.97 Å². The number of unbranched alkanes of at least 4 members (excludes halogenated alkanes) is 3. The topological polar surface area (TPSA) is 37.3 Å². The summed E-state index contributed by atoms with van der Waals surface area (Å²) in [6.45, 7) is 13.4. The van der Waals surface area contributed by atoms with Crippen LogP contribution in [-0.4, -0.2) is 11.1 Å². The van der Waals surface area contributed by atoms with Gasteiger partial charge in [-0.25, -0.2) is 0 Å². The van der Waals surface area contributed by atoms with Crippen LogP contribution < -0.4 is 0 Å². The Bertz CT molecular complexity index is 249. The molecule has 0 saturated carbocycles. The van der Waals surface area contributed by atoms with Crippen LogP contribution >= 0.6 is 0 Å². The smallest absolute Gasteiger partial charge is 0.306 e. The lowest BCUT2D eigenvalue weighted by atomic mass is 9.81. The number of carbonyl (C=O) groups is 1. The number of aliphatic carboxylic acids is 1. The normalized spacial score (nSPS) is 14.4. The second kappa shape index (κ2) is 18.8. The van der Waals surface area contributed by atoms with Crippen LogP contribution in [-0.2, 0) is 4.79 Å². The Kier molecular flexibility index (Phi) is 20.1. The second-order valence-corrected chi connectivity index (χ2v) is 7.21. The predicted octanol–water partition coefficient (Wildman–Crippen LogP) is 7.71. The zero-order valence-corrected chi connectivity index (χ0v) is 17.6. The fourth-order valence-electron chi connectivity index (χ4n) is 3.43. The molecule has 0 heterocycles. The van der Waals surface area contributed by atoms with Crippen LogP contribution in [0, 0.1) is 17.8 Å². The minimum atomic E-state index is -0.643. The fraction of sp³-hybridized carbons (Fsp3) is 0.955. The van der Waals surface area contributed by atoms with E-state index in [9.17, 15) is 4.79 Å². The summed E-state index contributed by atoms with van der Waals surface area (Å²) >= 11 is 0. The van der Waals surface area contributed by atoms with Gasteiger partial charge in [-0.15, -0.1) is 0 Å². The summed E-state index contributed by atoms with van der Waals surface area (Å²) < 4.78 is 0. The Morgan fingerprint density at radius 3 is 1.29 bits per heavy atom. The molecule has 0 aromatic carbocycles. The van der Waals surface area contributed by atoms with Crippen molar-refractivity contribution in [3.8, 4) is 0 Å². The van der Waals surface area contributed by atoms with Crippen molar-refractivity contribution in [1.29, 1.82) is 0 Å². The van der Waals surface area contributed by atoms with E-state index in [0.29, 0.717) is 0 Å². The van der Waals surface area contributed by atoms with Gasteiger partial charge in [0, 0.05) is 0 Å². The Labute approximate surface area is 152 Å². The summed E-state index contributed by atoms with van der Waals surface area (Å²) in [7, 11) is 0. The molecule has 2 nitrogen and oxygen atoms in total. The standard InChI is InChI=1S/C14H30.C8H16O2/c1-5-9-11-13(7-3)14(8-4)12-10-6-2;1-3-5-6-7(4-2)8(9)10/h13-14H,5-12H2,1-4H3;7H,3-6H2,1-2H3,(H,9,10). The van der Waals surface area contributed by atoms with E-state index in [0.717, 1.165) is 37.5 Å². The van der Waals surface area contributed by atoms with Crippen molar-refractivity contribution < 1.29 is 9.90 Å². The monoisotopic (exact) mass is 342 g/mol. The first kappa shape index (κ1) is 25.7. The first-order valence-electron chi connectivity index (χ1n) is 10.7. The lowest BCUT2D eigenvalue weighted by Gasteiger charge is -2.25. The van der Waals surface area contributed by atoms with Gasteiger partial charge in [-0.3, -0.25) is 4.79 Å². The molecule has 3 unspecified atom stereocenters. The van der Waals surface area contributed by atoms with Crippen LogP contribution in [0.15, 0.2) is 0 Å². The Morgan fingerprint density at radius 1 is 0.667 bits per heavy atom. The lowest BCUT2D eigenvalue weighted by molar-refractivity contribution is -0.142. The van der Waals surface area contributed by atoms with Crippen molar-refractivity contribution in [1.82, 2.24) is 0 Å². The number of carboxylic acid groups (broad SMARTS) is 1. The molecule has 0 rings (SSSR count). The number of hydrogen-bond acceptors (Lipinski definition) is 1. The molecule has 2 heteroatoms. The van der Waals surface area contributed by atoms with Gasteiger partial charge in [0.25, 0.3) is 0 Å². The third-order valence-electron chi connectivity index (χ3n) is 5.32. The average Bonchev–Trinajstić information content (AvgIpc) is 2.59. The Morgan fingerprint density at radius 2 is 1.04 bits per heavy atom. The molecule has 0 radical (unpaired) electrons. The molecule has 0 aliphatic heterocycles. The zero-order chi connectivity index (χ0) is 18.8. The van der Waals surface area contributed by atoms with Gasteiger partial charge in [-0.1, -0.05) is 106 Å². The van der Waals surface area contributed by atoms with Crippen molar-refractivity contribution in [2.45, 2.75) is 119 Å². The van der Waals surface area contributed by atoms with E-state index >= 15 is 0 Å². The van der Waals surface area contributed by atoms with Crippen LogP contribution in [0.1, 0.15) is 119 Å². The third-order valence-corrected chi connectivity index (χ3v) is 5.32. The highest BCUT2D eigenvalue weighted by molar-refractivity contribution is 5.69. The molecule has 3 atom stereocenters. The minimum Gasteiger partial charge on any atom is -0.481 e. The molecule has 0 aliphatic rings. The maximum atomic E-state index is 10.4. The van der Waals surface area contributed by atoms with Gasteiger partial charge >= 0.3 is 5.97 Å². The fourth-order valence-corrected chi connectivity index (χ4v) is 3.43. The van der Waals surface area contributed by atoms with E-state index in [1.165, 1.54) is 51.4 Å². The summed E-state index contributed by atoms with van der Waals surface area (Å²) in [5, 5.41) is 8.60. The highest BCUT2D eigenvalue weighted by atomic mass is 16.4. The van der Waals surface area contributed by atoms with E-state index in [2.05, 4.69) is 34.6 Å². The maximum absolute atomic E-state index is 10.4. The summed E-state index contributed by atoms with van der Waals surface area (Å²) in [6, 6.07) is 0. The quantitative estimate of drug-likeness (QED) is 0.351. The molecular weight excluding hydrogens is 296 g/mol. The molecule has 0 aromatic heterocycles. The van der Waals surface area contributed by atoms with Gasteiger partial charge in [0.2, 0.25) is 0 Å². The minimum absolute atomic E-state index is 0.111. The summed E-state index contributed by atoms with van der Waals surface area (Å²) in [6.07, 6.45) is 15.0. The van der Waals surface area contributed by atoms with Crippen molar-refractivity contribution >= 4 is 5.97 Å². The average molecular weight is 343 g/mol. The van der Waals surface area contributed by atoms with Crippen molar-refractivity contribution in [2.75, 3.05) is 0 Å². The molecule has 0 aliphatic carbocycles.